The van der Waals surface area contributed by atoms with Gasteiger partial charge in [-0.25, -0.2) is 0 Å². The van der Waals surface area contributed by atoms with Crippen molar-refractivity contribution >= 4 is 17.5 Å². The molecule has 0 spiro atoms. The molecule has 0 saturated heterocycles. The molecule has 1 aliphatic rings. The topological polar surface area (TPSA) is 77.1 Å². The van der Waals surface area contributed by atoms with Crippen LogP contribution in [0.15, 0.2) is 66.7 Å². The van der Waals surface area contributed by atoms with Gasteiger partial charge in [-0.05, 0) is 49.2 Å². The highest BCUT2D eigenvalue weighted by Gasteiger charge is 2.33. The minimum Gasteiger partial charge on any atom is -0.496 e. The summed E-state index contributed by atoms with van der Waals surface area (Å²) >= 11 is 0. The lowest BCUT2D eigenvalue weighted by atomic mass is 10.0. The Labute approximate surface area is 205 Å². The first kappa shape index (κ1) is 24.1. The van der Waals surface area contributed by atoms with Crippen molar-refractivity contribution in [1.29, 1.82) is 0 Å². The first-order valence-corrected chi connectivity index (χ1v) is 11.6. The summed E-state index contributed by atoms with van der Waals surface area (Å²) in [6.07, 6.45) is 0.147. The molecule has 1 aliphatic heterocycles. The molecule has 7 nitrogen and oxygen atoms in total. The average molecular weight is 475 g/mol. The SMILES string of the molecule is CC[C@@H](c1ccccc1)N1Cc2cc(NC(=O)c3c(OC)cccc3OC)ccc2O[C@H](C)C1=O. The number of rotatable bonds is 7. The quantitative estimate of drug-likeness (QED) is 0.508. The van der Waals surface area contributed by atoms with E-state index in [1.54, 1.807) is 37.3 Å². The van der Waals surface area contributed by atoms with Gasteiger partial charge in [0.05, 0.1) is 26.8 Å². The number of nitrogens with one attached hydrogen (secondary N) is 1. The number of fused-ring (bicyclic) bond motifs is 1. The summed E-state index contributed by atoms with van der Waals surface area (Å²) in [6.45, 7) is 4.21. The minimum absolute atomic E-state index is 0.0683. The van der Waals surface area contributed by atoms with Crippen LogP contribution in [-0.2, 0) is 11.3 Å². The summed E-state index contributed by atoms with van der Waals surface area (Å²) in [7, 11) is 3.02. The van der Waals surface area contributed by atoms with Gasteiger partial charge in [0.25, 0.3) is 11.8 Å². The summed E-state index contributed by atoms with van der Waals surface area (Å²) in [5.41, 5.74) is 2.79. The lowest BCUT2D eigenvalue weighted by Gasteiger charge is -2.31. The van der Waals surface area contributed by atoms with E-state index in [1.165, 1.54) is 14.2 Å². The van der Waals surface area contributed by atoms with Crippen LogP contribution < -0.4 is 19.5 Å². The monoisotopic (exact) mass is 474 g/mol. The van der Waals surface area contributed by atoms with Gasteiger partial charge in [0.2, 0.25) is 0 Å². The van der Waals surface area contributed by atoms with E-state index >= 15 is 0 Å². The maximum absolute atomic E-state index is 13.3. The van der Waals surface area contributed by atoms with Crippen LogP contribution in [0.4, 0.5) is 5.69 Å². The first-order chi connectivity index (χ1) is 17.0. The average Bonchev–Trinajstić information content (AvgIpc) is 3.00. The molecule has 0 aliphatic carbocycles. The van der Waals surface area contributed by atoms with E-state index < -0.39 is 6.10 Å². The van der Waals surface area contributed by atoms with Crippen LogP contribution >= 0.6 is 0 Å². The molecule has 0 fully saturated rings. The number of nitrogens with zero attached hydrogens (tertiary/aromatic N) is 1. The van der Waals surface area contributed by atoms with E-state index in [2.05, 4.69) is 12.2 Å². The van der Waals surface area contributed by atoms with Crippen LogP contribution in [0.3, 0.4) is 0 Å². The van der Waals surface area contributed by atoms with E-state index in [9.17, 15) is 9.59 Å². The fourth-order valence-corrected chi connectivity index (χ4v) is 4.48. The molecular weight excluding hydrogens is 444 g/mol. The number of amides is 2. The molecule has 4 rings (SSSR count). The Morgan fingerprint density at radius 1 is 1.06 bits per heavy atom. The maximum Gasteiger partial charge on any atom is 0.264 e. The van der Waals surface area contributed by atoms with Crippen LogP contribution in [0.2, 0.25) is 0 Å². The van der Waals surface area contributed by atoms with E-state index in [0.29, 0.717) is 35.0 Å². The molecule has 0 aromatic heterocycles. The molecule has 35 heavy (non-hydrogen) atoms. The molecule has 0 bridgehead atoms. The number of hydrogen-bond acceptors (Lipinski definition) is 5. The normalized spacial score (nSPS) is 15.9. The minimum atomic E-state index is -0.618. The summed E-state index contributed by atoms with van der Waals surface area (Å²) in [6, 6.07) is 20.5. The standard InChI is InChI=1S/C28H30N2O5/c1-5-22(19-10-7-6-8-11-19)30-17-20-16-21(14-15-23(20)35-18(2)28(30)32)29-27(31)26-24(33-3)12-9-13-25(26)34-4/h6-16,18,22H,5,17H2,1-4H3,(H,29,31)/t18-,22+/m1/s1. The molecule has 0 saturated carbocycles. The van der Waals surface area contributed by atoms with Crippen molar-refractivity contribution in [3.63, 3.8) is 0 Å². The van der Waals surface area contributed by atoms with E-state index in [0.717, 1.165) is 17.5 Å². The van der Waals surface area contributed by atoms with Crippen molar-refractivity contribution in [1.82, 2.24) is 4.90 Å². The Hall–Kier alpha value is -4.00. The van der Waals surface area contributed by atoms with Crippen LogP contribution in [0, 0.1) is 0 Å². The van der Waals surface area contributed by atoms with Gasteiger partial charge >= 0.3 is 0 Å². The van der Waals surface area contributed by atoms with Gasteiger partial charge in [-0.1, -0.05) is 43.3 Å². The Kier molecular flexibility index (Phi) is 7.25. The third kappa shape index (κ3) is 4.94. The fraction of sp³-hybridized carbons (Fsp3) is 0.286. The number of methoxy groups -OCH3 is 2. The van der Waals surface area contributed by atoms with Crippen molar-refractivity contribution in [2.45, 2.75) is 39.0 Å². The van der Waals surface area contributed by atoms with Crippen LogP contribution in [-0.4, -0.2) is 37.0 Å². The zero-order valence-corrected chi connectivity index (χ0v) is 20.4. The Morgan fingerprint density at radius 2 is 1.74 bits per heavy atom. The molecule has 2 atom stereocenters. The summed E-state index contributed by atoms with van der Waals surface area (Å²) in [5.74, 6) is 1.04. The Balaban J connectivity index is 1.65. The smallest absolute Gasteiger partial charge is 0.264 e. The first-order valence-electron chi connectivity index (χ1n) is 11.6. The van der Waals surface area contributed by atoms with Gasteiger partial charge in [0, 0.05) is 11.3 Å². The number of hydrogen-bond donors (Lipinski definition) is 1. The number of carbonyl (C=O) groups is 2. The van der Waals surface area contributed by atoms with Crippen molar-refractivity contribution in [3.8, 4) is 17.2 Å². The van der Waals surface area contributed by atoms with Crippen LogP contribution in [0.5, 0.6) is 17.2 Å². The van der Waals surface area contributed by atoms with Gasteiger partial charge in [0.1, 0.15) is 22.8 Å². The van der Waals surface area contributed by atoms with Crippen molar-refractivity contribution in [2.24, 2.45) is 0 Å². The second-order valence-corrected chi connectivity index (χ2v) is 8.38. The molecule has 0 radical (unpaired) electrons. The predicted molar refractivity (Wildman–Crippen MR) is 134 cm³/mol. The Morgan fingerprint density at radius 3 is 2.37 bits per heavy atom. The fourth-order valence-electron chi connectivity index (χ4n) is 4.48. The lowest BCUT2D eigenvalue weighted by molar-refractivity contribution is -0.140. The molecule has 1 N–H and O–H groups in total. The molecule has 1 heterocycles. The van der Waals surface area contributed by atoms with Gasteiger partial charge < -0.3 is 24.4 Å². The highest BCUT2D eigenvalue weighted by Crippen LogP contribution is 2.35. The van der Waals surface area contributed by atoms with Gasteiger partial charge in [-0.3, -0.25) is 9.59 Å². The van der Waals surface area contributed by atoms with Crippen LogP contribution in [0.1, 0.15) is 47.8 Å². The molecule has 182 valence electrons. The van der Waals surface area contributed by atoms with Crippen LogP contribution in [0.25, 0.3) is 0 Å². The van der Waals surface area contributed by atoms with E-state index in [4.69, 9.17) is 14.2 Å². The van der Waals surface area contributed by atoms with Crippen molar-refractivity contribution < 1.29 is 23.8 Å². The largest absolute Gasteiger partial charge is 0.496 e. The summed E-state index contributed by atoms with van der Waals surface area (Å²) in [4.78, 5) is 28.3. The lowest BCUT2D eigenvalue weighted by Crippen LogP contribution is -2.40. The molecule has 0 unspecified atom stereocenters. The van der Waals surface area contributed by atoms with Gasteiger partial charge in [-0.15, -0.1) is 0 Å². The summed E-state index contributed by atoms with van der Waals surface area (Å²) in [5, 5.41) is 2.93. The molecule has 7 heteroatoms. The number of carbonyl (C=O) groups excluding carboxylic acids is 2. The highest BCUT2D eigenvalue weighted by molar-refractivity contribution is 6.08. The van der Waals surface area contributed by atoms with Gasteiger partial charge in [0.15, 0.2) is 6.10 Å². The zero-order valence-electron chi connectivity index (χ0n) is 20.4. The summed E-state index contributed by atoms with van der Waals surface area (Å²) < 4.78 is 16.7. The van der Waals surface area contributed by atoms with E-state index in [1.807, 2.05) is 41.3 Å². The number of anilines is 1. The highest BCUT2D eigenvalue weighted by atomic mass is 16.5. The van der Waals surface area contributed by atoms with Crippen molar-refractivity contribution in [3.05, 3.63) is 83.4 Å². The third-order valence-electron chi connectivity index (χ3n) is 6.20. The molecule has 3 aromatic carbocycles. The second-order valence-electron chi connectivity index (χ2n) is 8.38. The number of ether oxygens (including phenoxy) is 3. The number of benzene rings is 3. The molecule has 2 amide bonds. The molecular formula is C28H30N2O5. The predicted octanol–water partition coefficient (Wildman–Crippen LogP) is 5.22. The molecule has 3 aromatic rings. The maximum atomic E-state index is 13.3. The third-order valence-corrected chi connectivity index (χ3v) is 6.20. The zero-order chi connectivity index (χ0) is 24.9. The Bertz CT molecular complexity index is 1190. The second kappa shape index (κ2) is 10.5. The van der Waals surface area contributed by atoms with E-state index in [-0.39, 0.29) is 17.9 Å². The van der Waals surface area contributed by atoms with Gasteiger partial charge in [-0.2, -0.15) is 0 Å². The van der Waals surface area contributed by atoms with Crippen molar-refractivity contribution in [2.75, 3.05) is 19.5 Å².